The summed E-state index contributed by atoms with van der Waals surface area (Å²) in [5.74, 6) is 0.295. The number of hydrogen-bond acceptors (Lipinski definition) is 3. The van der Waals surface area contributed by atoms with Crippen molar-refractivity contribution in [3.05, 3.63) is 29.6 Å². The van der Waals surface area contributed by atoms with Gasteiger partial charge in [0, 0.05) is 18.2 Å². The first-order valence-electron chi connectivity index (χ1n) is 5.77. The first kappa shape index (κ1) is 11.9. The Kier molecular flexibility index (Phi) is 3.60. The van der Waals surface area contributed by atoms with Gasteiger partial charge in [-0.3, -0.25) is 0 Å². The van der Waals surface area contributed by atoms with E-state index in [1.165, 1.54) is 25.0 Å². The number of hydrogen-bond donors (Lipinski definition) is 1. The Bertz CT molecular complexity index is 438. The molecule has 3 nitrogen and oxygen atoms in total. The lowest BCUT2D eigenvalue weighted by molar-refractivity contribution is 0.272. The Labute approximate surface area is 100 Å². The molecule has 17 heavy (non-hydrogen) atoms. The van der Waals surface area contributed by atoms with Crippen LogP contribution in [0.4, 0.5) is 4.39 Å². The van der Waals surface area contributed by atoms with E-state index in [2.05, 4.69) is 5.32 Å². The van der Waals surface area contributed by atoms with Gasteiger partial charge in [-0.2, -0.15) is 5.26 Å². The Morgan fingerprint density at radius 3 is 3.00 bits per heavy atom. The third kappa shape index (κ3) is 3.43. The van der Waals surface area contributed by atoms with Gasteiger partial charge in [0.05, 0.1) is 0 Å². The number of nitrogens with one attached hydrogen (secondary N) is 1. The maximum Gasteiger partial charge on any atom is 0.181 e. The molecule has 90 valence electrons. The van der Waals surface area contributed by atoms with E-state index in [-0.39, 0.29) is 5.82 Å². The van der Waals surface area contributed by atoms with Crippen LogP contribution in [0.25, 0.3) is 0 Å². The highest BCUT2D eigenvalue weighted by Gasteiger charge is 2.21. The monoisotopic (exact) mass is 234 g/mol. The van der Waals surface area contributed by atoms with Gasteiger partial charge in [-0.25, -0.2) is 4.39 Å². The topological polar surface area (TPSA) is 45.0 Å². The number of nitriles is 1. The maximum absolute atomic E-state index is 13.2. The molecule has 0 spiro atoms. The molecule has 0 aromatic heterocycles. The fourth-order valence-electron chi connectivity index (χ4n) is 1.56. The van der Waals surface area contributed by atoms with Crippen LogP contribution >= 0.6 is 0 Å². The van der Waals surface area contributed by atoms with Gasteiger partial charge >= 0.3 is 0 Å². The minimum Gasteiger partial charge on any atom is -0.476 e. The average molecular weight is 234 g/mol. The van der Waals surface area contributed by atoms with Crippen LogP contribution in [0.1, 0.15) is 25.3 Å². The average Bonchev–Trinajstić information content (AvgIpc) is 3.13. The molecule has 0 saturated heterocycles. The summed E-state index contributed by atoms with van der Waals surface area (Å²) in [5.41, 5.74) is 0.763. The van der Waals surface area contributed by atoms with Crippen molar-refractivity contribution in [2.45, 2.75) is 38.5 Å². The summed E-state index contributed by atoms with van der Waals surface area (Å²) in [5, 5.41) is 12.0. The summed E-state index contributed by atoms with van der Waals surface area (Å²) < 4.78 is 18.6. The van der Waals surface area contributed by atoms with Crippen molar-refractivity contribution in [1.29, 1.82) is 5.26 Å². The van der Waals surface area contributed by atoms with E-state index in [0.29, 0.717) is 18.3 Å². The molecule has 0 radical (unpaired) electrons. The quantitative estimate of drug-likeness (QED) is 0.850. The summed E-state index contributed by atoms with van der Waals surface area (Å²) >= 11 is 0. The lowest BCUT2D eigenvalue weighted by atomic mass is 10.2. The molecule has 1 fully saturated rings. The summed E-state index contributed by atoms with van der Waals surface area (Å²) in [6, 6.07) is 6.93. The Morgan fingerprint density at radius 2 is 2.35 bits per heavy atom. The van der Waals surface area contributed by atoms with Gasteiger partial charge in [0.15, 0.2) is 6.10 Å². The Morgan fingerprint density at radius 1 is 1.59 bits per heavy atom. The normalized spacial score (nSPS) is 16.3. The standard InChI is InChI=1S/C13H15FN2O/c1-9(7-15)17-13-5-2-11(14)6-10(13)8-16-12-3-4-12/h2,5-6,9,12,16H,3-4,8H2,1H3. The fourth-order valence-corrected chi connectivity index (χ4v) is 1.56. The van der Waals surface area contributed by atoms with Crippen LogP contribution in [-0.2, 0) is 6.54 Å². The second-order valence-corrected chi connectivity index (χ2v) is 4.30. The van der Waals surface area contributed by atoms with Crippen molar-refractivity contribution in [3.63, 3.8) is 0 Å². The van der Waals surface area contributed by atoms with E-state index < -0.39 is 6.10 Å². The molecule has 1 aromatic rings. The molecular weight excluding hydrogens is 219 g/mol. The molecule has 2 rings (SSSR count). The summed E-state index contributed by atoms with van der Waals surface area (Å²) in [6.07, 6.45) is 1.83. The molecule has 1 saturated carbocycles. The minimum atomic E-state index is -0.528. The van der Waals surface area contributed by atoms with Crippen molar-refractivity contribution in [2.24, 2.45) is 0 Å². The summed E-state index contributed by atoms with van der Waals surface area (Å²) in [6.45, 7) is 2.25. The molecule has 0 bridgehead atoms. The molecule has 0 heterocycles. The van der Waals surface area contributed by atoms with Gasteiger partial charge < -0.3 is 10.1 Å². The number of ether oxygens (including phenoxy) is 1. The minimum absolute atomic E-state index is 0.283. The van der Waals surface area contributed by atoms with Gasteiger partial charge in [-0.1, -0.05) is 0 Å². The largest absolute Gasteiger partial charge is 0.476 e. The number of nitrogens with zero attached hydrogens (tertiary/aromatic N) is 1. The van der Waals surface area contributed by atoms with Crippen molar-refractivity contribution in [1.82, 2.24) is 5.32 Å². The Hall–Kier alpha value is -1.60. The van der Waals surface area contributed by atoms with Crippen LogP contribution in [0.5, 0.6) is 5.75 Å². The lowest BCUT2D eigenvalue weighted by Crippen LogP contribution is -2.17. The highest BCUT2D eigenvalue weighted by atomic mass is 19.1. The number of halogens is 1. The second-order valence-electron chi connectivity index (χ2n) is 4.30. The van der Waals surface area contributed by atoms with Gasteiger partial charge in [0.2, 0.25) is 0 Å². The van der Waals surface area contributed by atoms with Gasteiger partial charge in [0.1, 0.15) is 17.6 Å². The molecule has 0 aliphatic heterocycles. The van der Waals surface area contributed by atoms with Crippen LogP contribution in [0.15, 0.2) is 18.2 Å². The van der Waals surface area contributed by atoms with E-state index in [0.717, 1.165) is 5.56 Å². The zero-order valence-corrected chi connectivity index (χ0v) is 9.74. The smallest absolute Gasteiger partial charge is 0.181 e. The Balaban J connectivity index is 2.08. The van der Waals surface area contributed by atoms with Gasteiger partial charge in [-0.15, -0.1) is 0 Å². The van der Waals surface area contributed by atoms with Gasteiger partial charge in [-0.05, 0) is 38.0 Å². The van der Waals surface area contributed by atoms with Crippen LogP contribution in [0.2, 0.25) is 0 Å². The van der Waals surface area contributed by atoms with E-state index in [4.69, 9.17) is 10.00 Å². The highest BCUT2D eigenvalue weighted by Crippen LogP contribution is 2.24. The van der Waals surface area contributed by atoms with Crippen LogP contribution < -0.4 is 10.1 Å². The molecule has 1 N–H and O–H groups in total. The third-order valence-corrected chi connectivity index (χ3v) is 2.67. The fraction of sp³-hybridized carbons (Fsp3) is 0.462. The first-order chi connectivity index (χ1) is 8.19. The highest BCUT2D eigenvalue weighted by molar-refractivity contribution is 5.34. The van der Waals surface area contributed by atoms with E-state index in [9.17, 15) is 4.39 Å². The molecule has 4 heteroatoms. The molecule has 1 aliphatic carbocycles. The zero-order chi connectivity index (χ0) is 12.3. The summed E-state index contributed by atoms with van der Waals surface area (Å²) in [7, 11) is 0. The maximum atomic E-state index is 13.2. The number of benzene rings is 1. The third-order valence-electron chi connectivity index (χ3n) is 2.67. The molecule has 1 aliphatic rings. The lowest BCUT2D eigenvalue weighted by Gasteiger charge is -2.13. The molecule has 1 unspecified atom stereocenters. The molecule has 0 amide bonds. The predicted molar refractivity (Wildman–Crippen MR) is 62.0 cm³/mol. The van der Waals surface area contributed by atoms with E-state index in [1.807, 2.05) is 6.07 Å². The number of rotatable bonds is 5. The predicted octanol–water partition coefficient (Wildman–Crippen LogP) is 2.37. The SMILES string of the molecule is CC(C#N)Oc1ccc(F)cc1CNC1CC1. The van der Waals surface area contributed by atoms with Crippen LogP contribution in [0, 0.1) is 17.1 Å². The molecule has 1 aromatic carbocycles. The van der Waals surface area contributed by atoms with E-state index in [1.54, 1.807) is 13.0 Å². The van der Waals surface area contributed by atoms with Gasteiger partial charge in [0.25, 0.3) is 0 Å². The van der Waals surface area contributed by atoms with Crippen molar-refractivity contribution in [2.75, 3.05) is 0 Å². The van der Waals surface area contributed by atoms with Crippen LogP contribution in [-0.4, -0.2) is 12.1 Å². The second kappa shape index (κ2) is 5.15. The first-order valence-corrected chi connectivity index (χ1v) is 5.77. The van der Waals surface area contributed by atoms with Crippen molar-refractivity contribution in [3.8, 4) is 11.8 Å². The van der Waals surface area contributed by atoms with Crippen molar-refractivity contribution < 1.29 is 9.13 Å². The molecule has 1 atom stereocenters. The van der Waals surface area contributed by atoms with Crippen molar-refractivity contribution >= 4 is 0 Å². The summed E-state index contributed by atoms with van der Waals surface area (Å²) in [4.78, 5) is 0. The zero-order valence-electron chi connectivity index (χ0n) is 9.74. The van der Waals surface area contributed by atoms with E-state index >= 15 is 0 Å². The van der Waals surface area contributed by atoms with Crippen LogP contribution in [0.3, 0.4) is 0 Å². The molecular formula is C13H15FN2O.